The molecule has 1 atom stereocenters. The molecule has 13 heavy (non-hydrogen) atoms. The maximum atomic E-state index is 11.4. The Labute approximate surface area is 75.4 Å². The quantitative estimate of drug-likeness (QED) is 0.699. The molecule has 1 saturated heterocycles. The fourth-order valence-corrected chi connectivity index (χ4v) is 1.50. The molecule has 2 heterocycles. The highest BCUT2D eigenvalue weighted by Gasteiger charge is 2.18. The first-order chi connectivity index (χ1) is 6.29. The van der Waals surface area contributed by atoms with Crippen LogP contribution in [0.2, 0.25) is 0 Å². The van der Waals surface area contributed by atoms with Crippen LogP contribution in [0.15, 0.2) is 23.1 Å². The summed E-state index contributed by atoms with van der Waals surface area (Å²) in [6, 6.07) is 3.02. The second kappa shape index (κ2) is 3.22. The van der Waals surface area contributed by atoms with E-state index in [0.29, 0.717) is 6.61 Å². The predicted molar refractivity (Wildman–Crippen MR) is 46.6 cm³/mol. The fourth-order valence-electron chi connectivity index (χ4n) is 1.50. The first-order valence-corrected chi connectivity index (χ1v) is 4.31. The van der Waals surface area contributed by atoms with Gasteiger partial charge in [0.15, 0.2) is 5.75 Å². The third-order valence-corrected chi connectivity index (χ3v) is 2.17. The first kappa shape index (κ1) is 8.31. The highest BCUT2D eigenvalue weighted by molar-refractivity contribution is 5.15. The molecule has 4 nitrogen and oxygen atoms in total. The largest absolute Gasteiger partial charge is 0.503 e. The van der Waals surface area contributed by atoms with E-state index in [9.17, 15) is 9.90 Å². The lowest BCUT2D eigenvalue weighted by Crippen LogP contribution is -2.22. The first-order valence-electron chi connectivity index (χ1n) is 4.31. The maximum Gasteiger partial charge on any atom is 0.294 e. The summed E-state index contributed by atoms with van der Waals surface area (Å²) < 4.78 is 6.76. The van der Waals surface area contributed by atoms with Crippen LogP contribution in [0, 0.1) is 0 Å². The van der Waals surface area contributed by atoms with Crippen LogP contribution in [0.3, 0.4) is 0 Å². The van der Waals surface area contributed by atoms with E-state index in [1.54, 1.807) is 12.3 Å². The molecule has 0 aromatic carbocycles. The van der Waals surface area contributed by atoms with E-state index in [2.05, 4.69) is 0 Å². The number of nitrogens with zero attached hydrogens (tertiary/aromatic N) is 1. The van der Waals surface area contributed by atoms with Crippen molar-refractivity contribution in [2.45, 2.75) is 19.1 Å². The van der Waals surface area contributed by atoms with Crippen molar-refractivity contribution in [1.82, 2.24) is 4.57 Å². The van der Waals surface area contributed by atoms with Crippen molar-refractivity contribution in [3.05, 3.63) is 28.7 Å². The smallest absolute Gasteiger partial charge is 0.294 e. The van der Waals surface area contributed by atoms with Crippen LogP contribution in [0.1, 0.15) is 19.1 Å². The standard InChI is InChI=1S/C9H11NO3/c11-7-3-1-5-10(9(7)12)8-4-2-6-13-8/h1,3,5,8,11H,2,4,6H2. The molecule has 1 aliphatic heterocycles. The van der Waals surface area contributed by atoms with Gasteiger partial charge in [0.1, 0.15) is 6.23 Å². The van der Waals surface area contributed by atoms with E-state index in [1.165, 1.54) is 10.6 Å². The van der Waals surface area contributed by atoms with E-state index in [1.807, 2.05) is 0 Å². The van der Waals surface area contributed by atoms with E-state index in [-0.39, 0.29) is 17.5 Å². The molecule has 1 unspecified atom stereocenters. The van der Waals surface area contributed by atoms with Gasteiger partial charge in [0, 0.05) is 12.8 Å². The number of ether oxygens (including phenoxy) is 1. The number of aromatic nitrogens is 1. The van der Waals surface area contributed by atoms with Gasteiger partial charge in [-0.05, 0) is 25.0 Å². The van der Waals surface area contributed by atoms with E-state index in [0.717, 1.165) is 12.8 Å². The molecule has 0 radical (unpaired) electrons. The zero-order valence-corrected chi connectivity index (χ0v) is 7.14. The van der Waals surface area contributed by atoms with Gasteiger partial charge in [-0.2, -0.15) is 0 Å². The van der Waals surface area contributed by atoms with Crippen molar-refractivity contribution >= 4 is 0 Å². The Hall–Kier alpha value is -1.29. The number of hydrogen-bond acceptors (Lipinski definition) is 3. The molecule has 4 heteroatoms. The van der Waals surface area contributed by atoms with Crippen LogP contribution in [-0.2, 0) is 4.74 Å². The van der Waals surface area contributed by atoms with Crippen LogP contribution >= 0.6 is 0 Å². The minimum absolute atomic E-state index is 0.195. The molecule has 70 valence electrons. The fraction of sp³-hybridized carbons (Fsp3) is 0.444. The van der Waals surface area contributed by atoms with Gasteiger partial charge in [-0.25, -0.2) is 0 Å². The zero-order valence-electron chi connectivity index (χ0n) is 7.14. The minimum Gasteiger partial charge on any atom is -0.503 e. The lowest BCUT2D eigenvalue weighted by atomic mass is 10.3. The third-order valence-electron chi connectivity index (χ3n) is 2.17. The summed E-state index contributed by atoms with van der Waals surface area (Å²) in [5.74, 6) is -0.224. The Kier molecular flexibility index (Phi) is 2.06. The van der Waals surface area contributed by atoms with Gasteiger partial charge in [-0.15, -0.1) is 0 Å². The van der Waals surface area contributed by atoms with Gasteiger partial charge in [0.25, 0.3) is 5.56 Å². The second-order valence-electron chi connectivity index (χ2n) is 3.07. The summed E-state index contributed by atoms with van der Waals surface area (Å²) in [6.45, 7) is 0.687. The number of pyridine rings is 1. The topological polar surface area (TPSA) is 51.5 Å². The lowest BCUT2D eigenvalue weighted by molar-refractivity contribution is 0.0531. The molecular formula is C9H11NO3. The summed E-state index contributed by atoms with van der Waals surface area (Å²) >= 11 is 0. The second-order valence-corrected chi connectivity index (χ2v) is 3.07. The highest BCUT2D eigenvalue weighted by atomic mass is 16.5. The van der Waals surface area contributed by atoms with Gasteiger partial charge >= 0.3 is 0 Å². The van der Waals surface area contributed by atoms with Gasteiger partial charge < -0.3 is 9.84 Å². The predicted octanol–water partition coefficient (Wildman–Crippen LogP) is 0.863. The van der Waals surface area contributed by atoms with Crippen LogP contribution in [0.5, 0.6) is 5.75 Å². The summed E-state index contributed by atoms with van der Waals surface area (Å²) in [7, 11) is 0. The number of hydrogen-bond donors (Lipinski definition) is 1. The Morgan fingerprint density at radius 2 is 2.46 bits per heavy atom. The average Bonchev–Trinajstić information content (AvgIpc) is 2.62. The van der Waals surface area contributed by atoms with Crippen molar-refractivity contribution in [3.63, 3.8) is 0 Å². The monoisotopic (exact) mass is 181 g/mol. The Bertz CT molecular complexity index is 352. The SMILES string of the molecule is O=c1c(O)cccn1C1CCCO1. The van der Waals surface area contributed by atoms with E-state index in [4.69, 9.17) is 4.74 Å². The molecule has 1 N–H and O–H groups in total. The molecule has 0 spiro atoms. The van der Waals surface area contributed by atoms with Crippen molar-refractivity contribution in [2.24, 2.45) is 0 Å². The van der Waals surface area contributed by atoms with Gasteiger partial charge in [-0.3, -0.25) is 9.36 Å². The molecule has 0 saturated carbocycles. The van der Waals surface area contributed by atoms with Crippen molar-refractivity contribution < 1.29 is 9.84 Å². The number of aromatic hydroxyl groups is 1. The van der Waals surface area contributed by atoms with Crippen LogP contribution in [0.25, 0.3) is 0 Å². The summed E-state index contributed by atoms with van der Waals surface area (Å²) in [5.41, 5.74) is -0.380. The molecule has 1 aliphatic rings. The molecular weight excluding hydrogens is 170 g/mol. The normalized spacial score (nSPS) is 22.0. The maximum absolute atomic E-state index is 11.4. The van der Waals surface area contributed by atoms with E-state index < -0.39 is 0 Å². The molecule has 1 aromatic rings. The molecule has 0 amide bonds. The molecule has 0 aliphatic carbocycles. The summed E-state index contributed by atoms with van der Waals surface area (Å²) in [6.07, 6.45) is 3.24. The zero-order chi connectivity index (χ0) is 9.26. The Balaban J connectivity index is 2.39. The van der Waals surface area contributed by atoms with Gasteiger partial charge in [0.2, 0.25) is 0 Å². The molecule has 1 fully saturated rings. The lowest BCUT2D eigenvalue weighted by Gasteiger charge is -2.12. The average molecular weight is 181 g/mol. The van der Waals surface area contributed by atoms with Crippen LogP contribution < -0.4 is 5.56 Å². The van der Waals surface area contributed by atoms with Crippen molar-refractivity contribution in [2.75, 3.05) is 6.61 Å². The minimum atomic E-state index is -0.380. The van der Waals surface area contributed by atoms with Crippen LogP contribution in [0.4, 0.5) is 0 Å². The van der Waals surface area contributed by atoms with Crippen molar-refractivity contribution in [3.8, 4) is 5.75 Å². The number of rotatable bonds is 1. The summed E-state index contributed by atoms with van der Waals surface area (Å²) in [5, 5.41) is 9.17. The summed E-state index contributed by atoms with van der Waals surface area (Å²) in [4.78, 5) is 11.4. The van der Waals surface area contributed by atoms with Crippen LogP contribution in [-0.4, -0.2) is 16.3 Å². The molecule has 2 rings (SSSR count). The Morgan fingerprint density at radius 3 is 3.15 bits per heavy atom. The van der Waals surface area contributed by atoms with Gasteiger partial charge in [-0.1, -0.05) is 0 Å². The molecule has 1 aromatic heterocycles. The molecule has 0 bridgehead atoms. The highest BCUT2D eigenvalue weighted by Crippen LogP contribution is 2.21. The Morgan fingerprint density at radius 1 is 1.62 bits per heavy atom. The van der Waals surface area contributed by atoms with Crippen molar-refractivity contribution in [1.29, 1.82) is 0 Å². The van der Waals surface area contributed by atoms with Gasteiger partial charge in [0.05, 0.1) is 0 Å². The third kappa shape index (κ3) is 1.45. The van der Waals surface area contributed by atoms with E-state index >= 15 is 0 Å².